The highest BCUT2D eigenvalue weighted by Gasteiger charge is 2.36. The van der Waals surface area contributed by atoms with Gasteiger partial charge >= 0.3 is 0 Å². The van der Waals surface area contributed by atoms with Gasteiger partial charge in [-0.15, -0.1) is 0 Å². The molecular formula is C38H77BrN2. The predicted octanol–water partition coefficient (Wildman–Crippen LogP) is 9.48. The molecule has 1 heterocycles. The van der Waals surface area contributed by atoms with Gasteiger partial charge in [-0.3, -0.25) is 9.48 Å². The fourth-order valence-electron chi connectivity index (χ4n) is 7.03. The summed E-state index contributed by atoms with van der Waals surface area (Å²) in [4.78, 5) is 2.80. The highest BCUT2D eigenvalue weighted by atomic mass is 79.9. The number of rotatable bonds is 31. The number of likely N-dealkylation sites (N-methyl/N-ethyl adjacent to an activating group) is 2. The van der Waals surface area contributed by atoms with Crippen molar-refractivity contribution < 1.29 is 21.6 Å². The normalized spacial score (nSPS) is 15.2. The Labute approximate surface area is 271 Å². The van der Waals surface area contributed by atoms with Crippen molar-refractivity contribution in [1.29, 1.82) is 0 Å². The number of hydrogen-bond donors (Lipinski definition) is 0. The first-order valence-corrected chi connectivity index (χ1v) is 19.2. The second-order valence-electron chi connectivity index (χ2n) is 13.3. The molecular weight excluding hydrogens is 564 g/mol. The molecule has 0 N–H and O–H groups in total. The molecule has 0 saturated carbocycles. The molecule has 0 saturated heterocycles. The molecule has 1 rings (SSSR count). The van der Waals surface area contributed by atoms with Crippen molar-refractivity contribution in [1.82, 2.24) is 4.90 Å². The zero-order valence-electron chi connectivity index (χ0n) is 29.0. The van der Waals surface area contributed by atoms with Gasteiger partial charge in [-0.1, -0.05) is 174 Å². The lowest BCUT2D eigenvalue weighted by molar-refractivity contribution is -0.518. The largest absolute Gasteiger partial charge is 1.00 e. The Balaban J connectivity index is 0.0000160. The molecule has 2 nitrogen and oxygen atoms in total. The molecule has 0 bridgehead atoms. The predicted molar refractivity (Wildman–Crippen MR) is 182 cm³/mol. The van der Waals surface area contributed by atoms with Crippen LogP contribution >= 0.6 is 0 Å². The monoisotopic (exact) mass is 641 g/mol. The van der Waals surface area contributed by atoms with Crippen molar-refractivity contribution in [3.05, 3.63) is 0 Å². The van der Waals surface area contributed by atoms with Gasteiger partial charge in [0, 0.05) is 6.42 Å². The molecule has 0 aromatic heterocycles. The van der Waals surface area contributed by atoms with Crippen LogP contribution in [0.15, 0.2) is 0 Å². The molecule has 0 aliphatic carbocycles. The smallest absolute Gasteiger partial charge is 0.247 e. The Morgan fingerprint density at radius 2 is 0.829 bits per heavy atom. The second kappa shape index (κ2) is 31.4. The fourth-order valence-corrected chi connectivity index (χ4v) is 7.03. The van der Waals surface area contributed by atoms with E-state index in [2.05, 4.69) is 37.2 Å². The summed E-state index contributed by atoms with van der Waals surface area (Å²) in [5.74, 6) is 1.68. The molecule has 1 atom stereocenters. The minimum atomic E-state index is 0. The van der Waals surface area contributed by atoms with Crippen LogP contribution in [-0.2, 0) is 0 Å². The number of halogens is 1. The molecule has 0 amide bonds. The summed E-state index contributed by atoms with van der Waals surface area (Å²) in [6, 6.07) is 0.777. The van der Waals surface area contributed by atoms with Crippen molar-refractivity contribution in [3.63, 3.8) is 0 Å². The van der Waals surface area contributed by atoms with Crippen molar-refractivity contribution in [2.75, 3.05) is 19.6 Å². The summed E-state index contributed by atoms with van der Waals surface area (Å²) >= 11 is 0. The van der Waals surface area contributed by atoms with E-state index in [0.717, 1.165) is 6.04 Å². The van der Waals surface area contributed by atoms with E-state index in [1.165, 1.54) is 206 Å². The van der Waals surface area contributed by atoms with Gasteiger partial charge in [-0.05, 0) is 33.1 Å². The Morgan fingerprint density at radius 3 is 1.17 bits per heavy atom. The third kappa shape index (κ3) is 22.2. The van der Waals surface area contributed by atoms with E-state index in [4.69, 9.17) is 0 Å². The van der Waals surface area contributed by atoms with Gasteiger partial charge in [-0.25, -0.2) is 0 Å². The minimum Gasteiger partial charge on any atom is -1.00 e. The van der Waals surface area contributed by atoms with Gasteiger partial charge in [0.05, 0.1) is 13.1 Å². The van der Waals surface area contributed by atoms with Crippen LogP contribution in [0.25, 0.3) is 0 Å². The topological polar surface area (TPSA) is 6.25 Å². The van der Waals surface area contributed by atoms with E-state index in [1.54, 1.807) is 5.84 Å². The lowest BCUT2D eigenvalue weighted by atomic mass is 10.0. The van der Waals surface area contributed by atoms with E-state index >= 15 is 0 Å². The maximum Gasteiger partial charge on any atom is 0.247 e. The Bertz CT molecular complexity index is 560. The number of hydrogen-bond acceptors (Lipinski definition) is 1. The lowest BCUT2D eigenvalue weighted by Crippen LogP contribution is -3.00. The average Bonchev–Trinajstić information content (AvgIpc) is 3.31. The molecule has 0 spiro atoms. The fraction of sp³-hybridized carbons (Fsp3) is 0.974. The number of amidine groups is 1. The number of unbranched alkanes of at least 4 members (excludes halogenated alkanes) is 25. The molecule has 0 aromatic rings. The van der Waals surface area contributed by atoms with Gasteiger partial charge in [-0.2, -0.15) is 0 Å². The van der Waals surface area contributed by atoms with Crippen LogP contribution in [0.2, 0.25) is 0 Å². The number of nitrogens with zero attached hydrogens (tertiary/aromatic N) is 2. The summed E-state index contributed by atoms with van der Waals surface area (Å²) < 4.78 is 2.72. The molecule has 0 radical (unpaired) electrons. The summed E-state index contributed by atoms with van der Waals surface area (Å²) in [5.41, 5.74) is 0. The van der Waals surface area contributed by atoms with Gasteiger partial charge in [0.15, 0.2) is 0 Å². The van der Waals surface area contributed by atoms with Crippen molar-refractivity contribution in [2.24, 2.45) is 0 Å². The molecule has 41 heavy (non-hydrogen) atoms. The van der Waals surface area contributed by atoms with E-state index in [0.29, 0.717) is 0 Å². The molecule has 1 aliphatic heterocycles. The molecule has 1 unspecified atom stereocenters. The first kappa shape index (κ1) is 41.0. The van der Waals surface area contributed by atoms with Gasteiger partial charge in [0.25, 0.3) is 0 Å². The van der Waals surface area contributed by atoms with Gasteiger partial charge in [0.2, 0.25) is 5.84 Å². The summed E-state index contributed by atoms with van der Waals surface area (Å²) in [7, 11) is 0. The molecule has 3 heteroatoms. The van der Waals surface area contributed by atoms with Crippen LogP contribution in [-0.4, -0.2) is 41.0 Å². The third-order valence-corrected chi connectivity index (χ3v) is 9.69. The standard InChI is InChI=1S/C38H77N2.BrH/c1-5-9-11-13-15-17-19-21-23-24-26-28-30-32-34-37-36-39(7-3)38(40(37)8-4)35-33-31-29-27-25-22-20-18-16-14-12-10-6-2;/h37H,5-36H2,1-4H3;1H/q+1;/p-1. The van der Waals surface area contributed by atoms with Crippen molar-refractivity contribution >= 4 is 5.84 Å². The Hall–Kier alpha value is -0.0500. The van der Waals surface area contributed by atoms with Gasteiger partial charge < -0.3 is 17.0 Å². The highest BCUT2D eigenvalue weighted by Crippen LogP contribution is 2.21. The zero-order chi connectivity index (χ0) is 28.9. The Morgan fingerprint density at radius 1 is 0.488 bits per heavy atom. The highest BCUT2D eigenvalue weighted by molar-refractivity contribution is 5.78. The van der Waals surface area contributed by atoms with Crippen LogP contribution in [0.1, 0.15) is 214 Å². The molecule has 0 fully saturated rings. The summed E-state index contributed by atoms with van der Waals surface area (Å²) in [6.07, 6.45) is 42.0. The summed E-state index contributed by atoms with van der Waals surface area (Å²) in [5, 5.41) is 0. The molecule has 0 aromatic carbocycles. The van der Waals surface area contributed by atoms with Crippen LogP contribution in [0.3, 0.4) is 0 Å². The quantitative estimate of drug-likeness (QED) is 0.0540. The van der Waals surface area contributed by atoms with E-state index < -0.39 is 0 Å². The van der Waals surface area contributed by atoms with Crippen LogP contribution in [0.5, 0.6) is 0 Å². The van der Waals surface area contributed by atoms with Gasteiger partial charge in [0.1, 0.15) is 12.6 Å². The van der Waals surface area contributed by atoms with E-state index in [1.807, 2.05) is 0 Å². The van der Waals surface area contributed by atoms with E-state index in [-0.39, 0.29) is 17.0 Å². The lowest BCUT2D eigenvalue weighted by Gasteiger charge is -2.19. The first-order valence-electron chi connectivity index (χ1n) is 19.2. The molecule has 1 aliphatic rings. The summed E-state index contributed by atoms with van der Waals surface area (Å²) in [6.45, 7) is 13.1. The van der Waals surface area contributed by atoms with Crippen LogP contribution in [0.4, 0.5) is 0 Å². The van der Waals surface area contributed by atoms with Crippen LogP contribution < -0.4 is 17.0 Å². The van der Waals surface area contributed by atoms with Crippen molar-refractivity contribution in [2.45, 2.75) is 220 Å². The molecule has 246 valence electrons. The first-order chi connectivity index (χ1) is 19.8. The second-order valence-corrected chi connectivity index (χ2v) is 13.3. The van der Waals surface area contributed by atoms with Crippen molar-refractivity contribution in [3.8, 4) is 0 Å². The minimum absolute atomic E-state index is 0. The third-order valence-electron chi connectivity index (χ3n) is 9.69. The van der Waals surface area contributed by atoms with E-state index in [9.17, 15) is 0 Å². The van der Waals surface area contributed by atoms with Crippen LogP contribution in [0, 0.1) is 0 Å². The zero-order valence-corrected chi connectivity index (χ0v) is 30.6. The maximum atomic E-state index is 2.80. The Kier molecular flexibility index (Phi) is 31.3. The average molecular weight is 642 g/mol. The SMILES string of the molecule is CCCCCCCCCCCCCCCCC1C[N+](CC)=C(CCCCCCCCCCCCCCC)N1CC.[Br-]. The maximum absolute atomic E-state index is 2.80.